The van der Waals surface area contributed by atoms with E-state index in [4.69, 9.17) is 0 Å². The van der Waals surface area contributed by atoms with Crippen molar-refractivity contribution < 1.29 is 13.2 Å². The second-order valence-corrected chi connectivity index (χ2v) is 7.45. The Bertz CT molecular complexity index is 1200. The number of fused-ring (bicyclic) bond motifs is 1. The van der Waals surface area contributed by atoms with E-state index in [1.54, 1.807) is 25.2 Å². The van der Waals surface area contributed by atoms with Crippen molar-refractivity contribution in [1.82, 2.24) is 24.0 Å². The summed E-state index contributed by atoms with van der Waals surface area (Å²) in [5.41, 5.74) is -0.0231. The van der Waals surface area contributed by atoms with Crippen molar-refractivity contribution in [3.8, 4) is 0 Å². The standard InChI is InChI=1S/C20H20F3N5O2/c1-26-12-24-13(9-17(26)29)10-27-8-4-7-16(27)18-25-15-6-3-2-5-14(15)19(30)28(18)11-20(21,22)23/h2-3,5-6,9,12,16H,4,7-8,10-11H2,1H3. The first-order valence-corrected chi connectivity index (χ1v) is 9.55. The Morgan fingerprint density at radius 2 is 1.97 bits per heavy atom. The van der Waals surface area contributed by atoms with E-state index in [1.807, 2.05) is 4.90 Å². The average molecular weight is 419 g/mol. The fourth-order valence-corrected chi connectivity index (χ4v) is 3.87. The third-order valence-electron chi connectivity index (χ3n) is 5.29. The maximum absolute atomic E-state index is 13.3. The van der Waals surface area contributed by atoms with Crippen LogP contribution in [0.15, 0.2) is 46.2 Å². The molecule has 1 unspecified atom stereocenters. The van der Waals surface area contributed by atoms with Gasteiger partial charge in [-0.25, -0.2) is 9.97 Å². The number of rotatable bonds is 4. The van der Waals surface area contributed by atoms with Crippen LogP contribution in [-0.4, -0.2) is 36.7 Å². The molecule has 158 valence electrons. The third kappa shape index (κ3) is 4.00. The van der Waals surface area contributed by atoms with Crippen LogP contribution in [0.5, 0.6) is 0 Å². The van der Waals surface area contributed by atoms with Gasteiger partial charge in [-0.05, 0) is 31.5 Å². The van der Waals surface area contributed by atoms with Gasteiger partial charge in [-0.3, -0.25) is 19.1 Å². The number of alkyl halides is 3. The molecule has 2 aromatic heterocycles. The maximum atomic E-state index is 13.3. The SMILES string of the molecule is Cn1cnc(CN2CCCC2c2nc3ccccc3c(=O)n2CC(F)(F)F)cc1=O. The number of aryl methyl sites for hydroxylation is 1. The summed E-state index contributed by atoms with van der Waals surface area (Å²) >= 11 is 0. The second-order valence-electron chi connectivity index (χ2n) is 7.45. The summed E-state index contributed by atoms with van der Waals surface area (Å²) in [6.45, 7) is -0.501. The molecule has 1 atom stereocenters. The summed E-state index contributed by atoms with van der Waals surface area (Å²) in [6, 6.07) is 7.34. The molecular weight excluding hydrogens is 399 g/mol. The van der Waals surface area contributed by atoms with Crippen molar-refractivity contribution in [3.05, 3.63) is 68.9 Å². The zero-order valence-electron chi connectivity index (χ0n) is 16.3. The number of hydrogen-bond acceptors (Lipinski definition) is 5. The van der Waals surface area contributed by atoms with Crippen LogP contribution in [-0.2, 0) is 20.1 Å². The minimum Gasteiger partial charge on any atom is -0.302 e. The predicted octanol–water partition coefficient (Wildman–Crippen LogP) is 2.39. The van der Waals surface area contributed by atoms with Crippen LogP contribution in [0.4, 0.5) is 13.2 Å². The molecule has 1 saturated heterocycles. The van der Waals surface area contributed by atoms with Gasteiger partial charge in [-0.15, -0.1) is 0 Å². The molecule has 3 aromatic rings. The molecule has 0 bridgehead atoms. The lowest BCUT2D eigenvalue weighted by Crippen LogP contribution is -2.36. The van der Waals surface area contributed by atoms with Gasteiger partial charge < -0.3 is 4.57 Å². The highest BCUT2D eigenvalue weighted by molar-refractivity contribution is 5.77. The topological polar surface area (TPSA) is 73.0 Å². The first-order chi connectivity index (χ1) is 14.2. The summed E-state index contributed by atoms with van der Waals surface area (Å²) in [5, 5.41) is 0.156. The zero-order chi connectivity index (χ0) is 21.5. The van der Waals surface area contributed by atoms with Crippen LogP contribution >= 0.6 is 0 Å². The van der Waals surface area contributed by atoms with E-state index in [0.717, 1.165) is 11.0 Å². The molecule has 3 heterocycles. The van der Waals surface area contributed by atoms with Crippen LogP contribution in [0.25, 0.3) is 10.9 Å². The Balaban J connectivity index is 1.78. The molecule has 7 nitrogen and oxygen atoms in total. The molecule has 0 spiro atoms. The Hall–Kier alpha value is -3.01. The highest BCUT2D eigenvalue weighted by Gasteiger charge is 2.35. The monoisotopic (exact) mass is 419 g/mol. The lowest BCUT2D eigenvalue weighted by molar-refractivity contribution is -0.142. The van der Waals surface area contributed by atoms with Crippen molar-refractivity contribution in [3.63, 3.8) is 0 Å². The van der Waals surface area contributed by atoms with Crippen molar-refractivity contribution in [2.24, 2.45) is 7.05 Å². The Labute approximate surface area is 169 Å². The Morgan fingerprint density at radius 1 is 1.20 bits per heavy atom. The first-order valence-electron chi connectivity index (χ1n) is 9.55. The van der Waals surface area contributed by atoms with Gasteiger partial charge in [0, 0.05) is 19.7 Å². The molecule has 1 aromatic carbocycles. The minimum absolute atomic E-state index is 0.0948. The van der Waals surface area contributed by atoms with E-state index in [2.05, 4.69) is 9.97 Å². The van der Waals surface area contributed by atoms with Crippen molar-refractivity contribution >= 4 is 10.9 Å². The zero-order valence-corrected chi connectivity index (χ0v) is 16.3. The fourth-order valence-electron chi connectivity index (χ4n) is 3.87. The number of likely N-dealkylation sites (tertiary alicyclic amines) is 1. The van der Waals surface area contributed by atoms with Crippen molar-refractivity contribution in [1.29, 1.82) is 0 Å². The Morgan fingerprint density at radius 3 is 2.70 bits per heavy atom. The number of hydrogen-bond donors (Lipinski definition) is 0. The van der Waals surface area contributed by atoms with Gasteiger partial charge in [0.05, 0.1) is 29.0 Å². The lowest BCUT2D eigenvalue weighted by atomic mass is 10.1. The minimum atomic E-state index is -4.56. The largest absolute Gasteiger partial charge is 0.406 e. The van der Waals surface area contributed by atoms with Gasteiger partial charge in [0.25, 0.3) is 11.1 Å². The van der Waals surface area contributed by atoms with Gasteiger partial charge in [-0.2, -0.15) is 13.2 Å². The average Bonchev–Trinajstić information content (AvgIpc) is 3.14. The first kappa shape index (κ1) is 20.3. The van der Waals surface area contributed by atoms with Crippen LogP contribution in [0.1, 0.15) is 30.4 Å². The molecule has 30 heavy (non-hydrogen) atoms. The normalized spacial score (nSPS) is 17.7. The van der Waals surface area contributed by atoms with E-state index in [0.29, 0.717) is 24.2 Å². The van der Waals surface area contributed by atoms with E-state index in [1.165, 1.54) is 23.0 Å². The molecule has 4 rings (SSSR count). The molecule has 0 radical (unpaired) electrons. The molecule has 10 heteroatoms. The van der Waals surface area contributed by atoms with Crippen LogP contribution in [0, 0.1) is 0 Å². The van der Waals surface area contributed by atoms with Gasteiger partial charge >= 0.3 is 6.18 Å². The summed E-state index contributed by atoms with van der Waals surface area (Å²) in [6.07, 6.45) is -1.84. The molecule has 0 amide bonds. The summed E-state index contributed by atoms with van der Waals surface area (Å²) in [7, 11) is 1.59. The molecule has 1 fully saturated rings. The van der Waals surface area contributed by atoms with Gasteiger partial charge in [0.1, 0.15) is 12.4 Å². The molecule has 0 aliphatic carbocycles. The van der Waals surface area contributed by atoms with Crippen LogP contribution in [0.2, 0.25) is 0 Å². The molecule has 0 saturated carbocycles. The number of halogens is 3. The molecule has 1 aliphatic heterocycles. The lowest BCUT2D eigenvalue weighted by Gasteiger charge is -2.26. The summed E-state index contributed by atoms with van der Waals surface area (Å²) < 4.78 is 41.9. The van der Waals surface area contributed by atoms with Gasteiger partial charge in [-0.1, -0.05) is 12.1 Å². The second kappa shape index (κ2) is 7.67. The van der Waals surface area contributed by atoms with Gasteiger partial charge in [0.2, 0.25) is 0 Å². The molecular formula is C20H20F3N5O2. The fraction of sp³-hybridized carbons (Fsp3) is 0.400. The third-order valence-corrected chi connectivity index (χ3v) is 5.29. The molecule has 0 N–H and O–H groups in total. The van der Waals surface area contributed by atoms with E-state index >= 15 is 0 Å². The number of nitrogens with zero attached hydrogens (tertiary/aromatic N) is 5. The maximum Gasteiger partial charge on any atom is 0.406 e. The quantitative estimate of drug-likeness (QED) is 0.649. The number of aromatic nitrogens is 4. The van der Waals surface area contributed by atoms with Gasteiger partial charge in [0.15, 0.2) is 0 Å². The smallest absolute Gasteiger partial charge is 0.302 e. The summed E-state index contributed by atoms with van der Waals surface area (Å²) in [5.74, 6) is 0.0948. The highest BCUT2D eigenvalue weighted by atomic mass is 19.4. The van der Waals surface area contributed by atoms with Crippen LogP contribution < -0.4 is 11.1 Å². The van der Waals surface area contributed by atoms with Crippen molar-refractivity contribution in [2.45, 2.75) is 38.1 Å². The predicted molar refractivity (Wildman–Crippen MR) is 104 cm³/mol. The highest BCUT2D eigenvalue weighted by Crippen LogP contribution is 2.33. The van der Waals surface area contributed by atoms with E-state index in [-0.39, 0.29) is 23.3 Å². The molecule has 1 aliphatic rings. The Kier molecular flexibility index (Phi) is 5.19. The van der Waals surface area contributed by atoms with Crippen molar-refractivity contribution in [2.75, 3.05) is 6.54 Å². The van der Waals surface area contributed by atoms with E-state index < -0.39 is 24.3 Å². The number of para-hydroxylation sites is 1. The van der Waals surface area contributed by atoms with Crippen LogP contribution in [0.3, 0.4) is 0 Å². The van der Waals surface area contributed by atoms with E-state index in [9.17, 15) is 22.8 Å². The summed E-state index contributed by atoms with van der Waals surface area (Å²) in [4.78, 5) is 35.4. The number of benzene rings is 1.